The Morgan fingerprint density at radius 2 is 1.62 bits per heavy atom. The topological polar surface area (TPSA) is 75.2 Å². The highest BCUT2D eigenvalue weighted by Crippen LogP contribution is 2.29. The Labute approximate surface area is 196 Å². The Bertz CT molecular complexity index is 1020. The summed E-state index contributed by atoms with van der Waals surface area (Å²) in [5.41, 5.74) is 2.40. The van der Waals surface area contributed by atoms with Crippen molar-refractivity contribution in [3.8, 4) is 0 Å². The molecular weight excluding hydrogens is 440 g/mol. The van der Waals surface area contributed by atoms with E-state index in [1.807, 2.05) is 53.4 Å². The third-order valence-corrected chi connectivity index (χ3v) is 7.57. The summed E-state index contributed by atoms with van der Waals surface area (Å²) in [6.07, 6.45) is 2.62. The van der Waals surface area contributed by atoms with Crippen molar-refractivity contribution in [3.05, 3.63) is 71.8 Å². The van der Waals surface area contributed by atoms with Crippen molar-refractivity contribution in [2.24, 2.45) is 5.92 Å². The Balaban J connectivity index is 1.19. The molecule has 1 aliphatic rings. The van der Waals surface area contributed by atoms with E-state index in [-0.39, 0.29) is 17.7 Å². The van der Waals surface area contributed by atoms with Gasteiger partial charge in [0, 0.05) is 31.2 Å². The van der Waals surface area contributed by atoms with Gasteiger partial charge in [-0.1, -0.05) is 83.8 Å². The van der Waals surface area contributed by atoms with E-state index in [0.29, 0.717) is 37.5 Å². The molecule has 0 radical (unpaired) electrons. The lowest BCUT2D eigenvalue weighted by Gasteiger charge is -2.31. The van der Waals surface area contributed by atoms with Crippen molar-refractivity contribution < 1.29 is 9.59 Å². The molecule has 4 rings (SSSR count). The molecule has 0 atom stereocenters. The zero-order chi connectivity index (χ0) is 22.2. The molecule has 0 saturated carbocycles. The summed E-state index contributed by atoms with van der Waals surface area (Å²) in [4.78, 5) is 27.1. The molecule has 2 aromatic carbocycles. The third kappa shape index (κ3) is 6.40. The largest absolute Gasteiger partial charge is 0.343 e. The Morgan fingerprint density at radius 1 is 0.969 bits per heavy atom. The summed E-state index contributed by atoms with van der Waals surface area (Å²) < 4.78 is 0.836. The van der Waals surface area contributed by atoms with E-state index in [0.717, 1.165) is 16.5 Å². The number of carbonyl (C=O) groups is 2. The van der Waals surface area contributed by atoms with Crippen LogP contribution in [0.4, 0.5) is 5.13 Å². The molecule has 8 heteroatoms. The van der Waals surface area contributed by atoms with Crippen molar-refractivity contribution in [1.82, 2.24) is 15.1 Å². The van der Waals surface area contributed by atoms with E-state index >= 15 is 0 Å². The average molecular weight is 467 g/mol. The minimum absolute atomic E-state index is 0.0304. The number of nitrogens with zero attached hydrogens (tertiary/aromatic N) is 3. The molecule has 1 N–H and O–H groups in total. The van der Waals surface area contributed by atoms with Gasteiger partial charge in [-0.25, -0.2) is 0 Å². The zero-order valence-electron chi connectivity index (χ0n) is 17.8. The first kappa shape index (κ1) is 22.5. The highest BCUT2D eigenvalue weighted by Gasteiger charge is 2.27. The maximum Gasteiger partial charge on any atom is 0.229 e. The predicted molar refractivity (Wildman–Crippen MR) is 129 cm³/mol. The molecule has 1 fully saturated rings. The molecule has 0 spiro atoms. The molecule has 0 bridgehead atoms. The predicted octanol–water partition coefficient (Wildman–Crippen LogP) is 4.64. The van der Waals surface area contributed by atoms with Crippen LogP contribution in [0, 0.1) is 5.92 Å². The second-order valence-electron chi connectivity index (χ2n) is 7.78. The van der Waals surface area contributed by atoms with Crippen LogP contribution in [0.2, 0.25) is 0 Å². The van der Waals surface area contributed by atoms with Gasteiger partial charge in [-0.15, -0.1) is 10.2 Å². The van der Waals surface area contributed by atoms with Gasteiger partial charge >= 0.3 is 0 Å². The first-order valence-corrected chi connectivity index (χ1v) is 12.6. The molecule has 3 aromatic rings. The van der Waals surface area contributed by atoms with Gasteiger partial charge < -0.3 is 10.2 Å². The number of thioether (sulfide) groups is 1. The number of amides is 2. The van der Waals surface area contributed by atoms with Gasteiger partial charge in [0.15, 0.2) is 4.34 Å². The number of carbonyl (C=O) groups excluding carboxylic acids is 2. The van der Waals surface area contributed by atoms with Crippen molar-refractivity contribution in [3.63, 3.8) is 0 Å². The molecule has 166 valence electrons. The first-order valence-electron chi connectivity index (χ1n) is 10.8. The molecule has 1 aliphatic heterocycles. The van der Waals surface area contributed by atoms with Crippen LogP contribution in [0.25, 0.3) is 0 Å². The quantitative estimate of drug-likeness (QED) is 0.387. The summed E-state index contributed by atoms with van der Waals surface area (Å²) in [5.74, 6) is 0.853. The van der Waals surface area contributed by atoms with E-state index in [2.05, 4.69) is 27.6 Å². The van der Waals surface area contributed by atoms with Crippen molar-refractivity contribution in [1.29, 1.82) is 0 Å². The molecule has 6 nitrogen and oxygen atoms in total. The van der Waals surface area contributed by atoms with Crippen LogP contribution < -0.4 is 5.32 Å². The van der Waals surface area contributed by atoms with Crippen LogP contribution in [0.1, 0.15) is 30.4 Å². The lowest BCUT2D eigenvalue weighted by Crippen LogP contribution is -2.41. The summed E-state index contributed by atoms with van der Waals surface area (Å²) in [6.45, 7) is 1.25. The molecular formula is C24H26N4O2S2. The van der Waals surface area contributed by atoms with Crippen molar-refractivity contribution in [2.45, 2.75) is 35.8 Å². The number of aromatic nitrogens is 2. The van der Waals surface area contributed by atoms with E-state index in [9.17, 15) is 9.59 Å². The number of rotatable bonds is 8. The lowest BCUT2D eigenvalue weighted by molar-refractivity contribution is -0.134. The number of piperidine rings is 1. The molecule has 32 heavy (non-hydrogen) atoms. The van der Waals surface area contributed by atoms with Crippen molar-refractivity contribution >= 4 is 40.0 Å². The monoisotopic (exact) mass is 466 g/mol. The molecule has 2 heterocycles. The number of benzene rings is 2. The van der Waals surface area contributed by atoms with Gasteiger partial charge in [0.1, 0.15) is 0 Å². The van der Waals surface area contributed by atoms with E-state index in [1.54, 1.807) is 11.8 Å². The van der Waals surface area contributed by atoms with E-state index < -0.39 is 0 Å². The molecule has 0 aliphatic carbocycles. The highest BCUT2D eigenvalue weighted by atomic mass is 32.2. The van der Waals surface area contributed by atoms with Crippen LogP contribution in [0.15, 0.2) is 65.0 Å². The fourth-order valence-corrected chi connectivity index (χ4v) is 5.40. The number of hydrogen-bond acceptors (Lipinski definition) is 6. The Kier molecular flexibility index (Phi) is 7.90. The summed E-state index contributed by atoms with van der Waals surface area (Å²) in [7, 11) is 0. The van der Waals surface area contributed by atoms with Crippen molar-refractivity contribution in [2.75, 3.05) is 18.4 Å². The van der Waals surface area contributed by atoms with Crippen LogP contribution in [0.5, 0.6) is 0 Å². The summed E-state index contributed by atoms with van der Waals surface area (Å²) in [6, 6.07) is 20.2. The number of hydrogen-bond donors (Lipinski definition) is 1. The zero-order valence-corrected chi connectivity index (χ0v) is 19.4. The minimum Gasteiger partial charge on any atom is -0.343 e. The maximum absolute atomic E-state index is 12.7. The number of anilines is 1. The third-order valence-electron chi connectivity index (χ3n) is 5.53. The lowest BCUT2D eigenvalue weighted by atomic mass is 9.95. The van der Waals surface area contributed by atoms with Gasteiger partial charge in [0.2, 0.25) is 16.9 Å². The average Bonchev–Trinajstić information content (AvgIpc) is 3.30. The number of nitrogens with one attached hydrogen (secondary N) is 1. The summed E-state index contributed by atoms with van der Waals surface area (Å²) in [5, 5.41) is 11.7. The minimum atomic E-state index is -0.0995. The van der Waals surface area contributed by atoms with Crippen LogP contribution in [0.3, 0.4) is 0 Å². The second-order valence-corrected chi connectivity index (χ2v) is 9.98. The molecule has 0 unspecified atom stereocenters. The van der Waals surface area contributed by atoms with E-state index in [1.165, 1.54) is 22.5 Å². The summed E-state index contributed by atoms with van der Waals surface area (Å²) >= 11 is 3.01. The molecule has 1 saturated heterocycles. The Hall–Kier alpha value is -2.71. The van der Waals surface area contributed by atoms with E-state index in [4.69, 9.17) is 0 Å². The standard InChI is InChI=1S/C24H26N4O2S2/c29-21(12-11-18-7-3-1-4-8-18)28-15-13-20(14-16-28)22(30)25-23-26-27-24(32-23)31-17-19-9-5-2-6-10-19/h1-10,20H,11-17H2,(H,25,26,30). The fraction of sp³-hybridized carbons (Fsp3) is 0.333. The van der Waals surface area contributed by atoms with Gasteiger partial charge in [0.05, 0.1) is 0 Å². The van der Waals surface area contributed by atoms with Gasteiger partial charge in [-0.3, -0.25) is 9.59 Å². The number of likely N-dealkylation sites (tertiary alicyclic amines) is 1. The van der Waals surface area contributed by atoms with Crippen LogP contribution in [-0.4, -0.2) is 40.0 Å². The van der Waals surface area contributed by atoms with Gasteiger partial charge in [0.25, 0.3) is 0 Å². The second kappa shape index (κ2) is 11.2. The highest BCUT2D eigenvalue weighted by molar-refractivity contribution is 8.00. The fourth-order valence-electron chi connectivity index (χ4n) is 3.69. The maximum atomic E-state index is 12.7. The first-order chi connectivity index (χ1) is 15.7. The van der Waals surface area contributed by atoms with Crippen LogP contribution in [-0.2, 0) is 21.8 Å². The van der Waals surface area contributed by atoms with Gasteiger partial charge in [-0.2, -0.15) is 0 Å². The smallest absolute Gasteiger partial charge is 0.229 e. The normalized spacial score (nSPS) is 14.3. The SMILES string of the molecule is O=C(Nc1nnc(SCc2ccccc2)s1)C1CCN(C(=O)CCc2ccccc2)CC1. The number of aryl methyl sites for hydroxylation is 1. The Morgan fingerprint density at radius 3 is 2.31 bits per heavy atom. The molecule has 2 amide bonds. The molecule has 1 aromatic heterocycles. The van der Waals surface area contributed by atoms with Gasteiger partial charge in [-0.05, 0) is 30.4 Å². The van der Waals surface area contributed by atoms with Crippen LogP contribution >= 0.6 is 23.1 Å².